The Morgan fingerprint density at radius 1 is 1.39 bits per heavy atom. The lowest BCUT2D eigenvalue weighted by atomic mass is 10.1. The molecule has 1 aromatic carbocycles. The minimum Gasteiger partial charge on any atom is -0.378 e. The molecule has 18 heavy (non-hydrogen) atoms. The van der Waals surface area contributed by atoms with E-state index in [0.717, 1.165) is 12.1 Å². The predicted octanol–water partition coefficient (Wildman–Crippen LogP) is 2.17. The molecule has 0 saturated heterocycles. The zero-order chi connectivity index (χ0) is 13.5. The summed E-state index contributed by atoms with van der Waals surface area (Å²) >= 11 is 0. The Morgan fingerprint density at radius 3 is 2.44 bits per heavy atom. The van der Waals surface area contributed by atoms with Crippen molar-refractivity contribution in [1.82, 2.24) is 5.32 Å². The van der Waals surface area contributed by atoms with Crippen LogP contribution in [0.1, 0.15) is 30.1 Å². The van der Waals surface area contributed by atoms with Crippen LogP contribution in [0.4, 0.5) is 5.69 Å². The second kappa shape index (κ2) is 6.65. The first-order valence-corrected chi connectivity index (χ1v) is 6.06. The molecule has 0 bridgehead atoms. The SMILES string of the molecule is CCCC(C#N)NC(=O)c1ccc(N(C)C)cc1. The Kier molecular flexibility index (Phi) is 5.19. The summed E-state index contributed by atoms with van der Waals surface area (Å²) < 4.78 is 0. The summed E-state index contributed by atoms with van der Waals surface area (Å²) in [6, 6.07) is 8.99. The third-order valence-corrected chi connectivity index (χ3v) is 2.68. The number of nitrogens with zero attached hydrogens (tertiary/aromatic N) is 2. The molecule has 0 aliphatic heterocycles. The van der Waals surface area contributed by atoms with Crippen LogP contribution in [0.2, 0.25) is 0 Å². The van der Waals surface area contributed by atoms with Crippen molar-refractivity contribution < 1.29 is 4.79 Å². The van der Waals surface area contributed by atoms with E-state index in [4.69, 9.17) is 5.26 Å². The molecule has 4 nitrogen and oxygen atoms in total. The van der Waals surface area contributed by atoms with Crippen LogP contribution in [0.3, 0.4) is 0 Å². The van der Waals surface area contributed by atoms with Crippen LogP contribution in [0.15, 0.2) is 24.3 Å². The van der Waals surface area contributed by atoms with Gasteiger partial charge in [-0.1, -0.05) is 13.3 Å². The molecule has 1 unspecified atom stereocenters. The van der Waals surface area contributed by atoms with Crippen molar-refractivity contribution in [2.24, 2.45) is 0 Å². The van der Waals surface area contributed by atoms with Crippen LogP contribution < -0.4 is 10.2 Å². The number of amides is 1. The fraction of sp³-hybridized carbons (Fsp3) is 0.429. The highest BCUT2D eigenvalue weighted by atomic mass is 16.1. The van der Waals surface area contributed by atoms with Crippen molar-refractivity contribution in [3.8, 4) is 6.07 Å². The molecule has 0 aliphatic carbocycles. The van der Waals surface area contributed by atoms with E-state index in [0.29, 0.717) is 12.0 Å². The van der Waals surface area contributed by atoms with E-state index in [2.05, 4.69) is 11.4 Å². The van der Waals surface area contributed by atoms with Gasteiger partial charge in [-0.05, 0) is 30.7 Å². The zero-order valence-corrected chi connectivity index (χ0v) is 11.1. The van der Waals surface area contributed by atoms with Gasteiger partial charge in [-0.25, -0.2) is 0 Å². The Morgan fingerprint density at radius 2 is 2.00 bits per heavy atom. The summed E-state index contributed by atoms with van der Waals surface area (Å²) in [6.45, 7) is 1.99. The molecular formula is C14H19N3O. The Bertz CT molecular complexity index is 431. The van der Waals surface area contributed by atoms with Gasteiger partial charge in [0.2, 0.25) is 0 Å². The van der Waals surface area contributed by atoms with Crippen molar-refractivity contribution in [3.05, 3.63) is 29.8 Å². The Balaban J connectivity index is 2.70. The van der Waals surface area contributed by atoms with Crippen molar-refractivity contribution in [2.45, 2.75) is 25.8 Å². The van der Waals surface area contributed by atoms with Crippen molar-refractivity contribution >= 4 is 11.6 Å². The molecule has 0 aliphatic rings. The summed E-state index contributed by atoms with van der Waals surface area (Å²) in [4.78, 5) is 13.9. The fourth-order valence-electron chi connectivity index (χ4n) is 1.61. The molecule has 1 atom stereocenters. The average Bonchev–Trinajstić information content (AvgIpc) is 2.38. The second-order valence-corrected chi connectivity index (χ2v) is 4.39. The number of carbonyl (C=O) groups excluding carboxylic acids is 1. The number of rotatable bonds is 5. The zero-order valence-electron chi connectivity index (χ0n) is 11.1. The summed E-state index contributed by atoms with van der Waals surface area (Å²) in [6.07, 6.45) is 1.55. The second-order valence-electron chi connectivity index (χ2n) is 4.39. The highest BCUT2D eigenvalue weighted by Gasteiger charge is 2.12. The molecule has 0 spiro atoms. The smallest absolute Gasteiger partial charge is 0.252 e. The van der Waals surface area contributed by atoms with Crippen LogP contribution in [0.5, 0.6) is 0 Å². The minimum atomic E-state index is -0.406. The summed E-state index contributed by atoms with van der Waals surface area (Å²) in [5.41, 5.74) is 1.62. The lowest BCUT2D eigenvalue weighted by molar-refractivity contribution is 0.0944. The molecule has 0 fully saturated rings. The van der Waals surface area contributed by atoms with Gasteiger partial charge in [-0.2, -0.15) is 5.26 Å². The number of hydrogen-bond donors (Lipinski definition) is 1. The molecule has 0 radical (unpaired) electrons. The first kappa shape index (κ1) is 14.0. The molecule has 0 heterocycles. The van der Waals surface area contributed by atoms with Gasteiger partial charge in [-0.15, -0.1) is 0 Å². The summed E-state index contributed by atoms with van der Waals surface area (Å²) in [7, 11) is 3.89. The molecule has 1 amide bonds. The van der Waals surface area contributed by atoms with Gasteiger partial charge in [0.15, 0.2) is 0 Å². The maximum Gasteiger partial charge on any atom is 0.252 e. The number of anilines is 1. The topological polar surface area (TPSA) is 56.1 Å². The lowest BCUT2D eigenvalue weighted by Crippen LogP contribution is -2.33. The Labute approximate surface area is 108 Å². The minimum absolute atomic E-state index is 0.194. The van der Waals surface area contributed by atoms with Gasteiger partial charge in [0.25, 0.3) is 5.91 Å². The molecule has 4 heteroatoms. The quantitative estimate of drug-likeness (QED) is 0.865. The number of carbonyl (C=O) groups is 1. The average molecular weight is 245 g/mol. The van der Waals surface area contributed by atoms with Gasteiger partial charge in [0, 0.05) is 25.3 Å². The van der Waals surface area contributed by atoms with Crippen molar-refractivity contribution in [1.29, 1.82) is 5.26 Å². The number of nitrogens with one attached hydrogen (secondary N) is 1. The van der Waals surface area contributed by atoms with Gasteiger partial charge < -0.3 is 10.2 Å². The van der Waals surface area contributed by atoms with Gasteiger partial charge in [0.1, 0.15) is 6.04 Å². The predicted molar refractivity (Wildman–Crippen MR) is 72.5 cm³/mol. The highest BCUT2D eigenvalue weighted by Crippen LogP contribution is 2.12. The molecule has 0 aromatic heterocycles. The summed E-state index contributed by atoms with van der Waals surface area (Å²) in [5.74, 6) is -0.194. The van der Waals surface area contributed by atoms with E-state index in [1.165, 1.54) is 0 Å². The molecular weight excluding hydrogens is 226 g/mol. The maximum absolute atomic E-state index is 11.9. The van der Waals surface area contributed by atoms with Crippen LogP contribution in [0, 0.1) is 11.3 Å². The van der Waals surface area contributed by atoms with Gasteiger partial charge in [-0.3, -0.25) is 4.79 Å². The van der Waals surface area contributed by atoms with Crippen LogP contribution in [-0.2, 0) is 0 Å². The number of hydrogen-bond acceptors (Lipinski definition) is 3. The molecule has 1 N–H and O–H groups in total. The van der Waals surface area contributed by atoms with Crippen molar-refractivity contribution in [3.63, 3.8) is 0 Å². The monoisotopic (exact) mass is 245 g/mol. The molecule has 1 rings (SSSR count). The largest absolute Gasteiger partial charge is 0.378 e. The fourth-order valence-corrected chi connectivity index (χ4v) is 1.61. The molecule has 0 saturated carbocycles. The standard InChI is InChI=1S/C14H19N3O/c1-4-5-12(10-15)16-14(18)11-6-8-13(9-7-11)17(2)3/h6-9,12H,4-5H2,1-3H3,(H,16,18). The number of benzene rings is 1. The third kappa shape index (κ3) is 3.77. The van der Waals surface area contributed by atoms with E-state index < -0.39 is 6.04 Å². The van der Waals surface area contributed by atoms with Gasteiger partial charge >= 0.3 is 0 Å². The molecule has 1 aromatic rings. The van der Waals surface area contributed by atoms with E-state index in [1.807, 2.05) is 38.1 Å². The molecule has 96 valence electrons. The maximum atomic E-state index is 11.9. The van der Waals surface area contributed by atoms with Crippen LogP contribution in [-0.4, -0.2) is 26.0 Å². The van der Waals surface area contributed by atoms with Gasteiger partial charge in [0.05, 0.1) is 6.07 Å². The van der Waals surface area contributed by atoms with E-state index in [-0.39, 0.29) is 5.91 Å². The number of nitriles is 1. The first-order chi connectivity index (χ1) is 8.58. The van der Waals surface area contributed by atoms with E-state index in [9.17, 15) is 4.79 Å². The van der Waals surface area contributed by atoms with Crippen molar-refractivity contribution in [2.75, 3.05) is 19.0 Å². The Hall–Kier alpha value is -2.02. The van der Waals surface area contributed by atoms with Crippen LogP contribution >= 0.6 is 0 Å². The third-order valence-electron chi connectivity index (χ3n) is 2.68. The normalized spacial score (nSPS) is 11.4. The van der Waals surface area contributed by atoms with E-state index >= 15 is 0 Å². The van der Waals surface area contributed by atoms with Crippen LogP contribution in [0.25, 0.3) is 0 Å². The highest BCUT2D eigenvalue weighted by molar-refractivity contribution is 5.94. The first-order valence-electron chi connectivity index (χ1n) is 6.06. The summed E-state index contributed by atoms with van der Waals surface area (Å²) in [5, 5.41) is 11.6. The van der Waals surface area contributed by atoms with E-state index in [1.54, 1.807) is 12.1 Å². The lowest BCUT2D eigenvalue weighted by Gasteiger charge is -2.13.